The Kier molecular flexibility index (Phi) is 5.89. The van der Waals surface area contributed by atoms with Crippen LogP contribution in [0.4, 0.5) is 18.9 Å². The molecule has 0 aromatic heterocycles. The average molecular weight is 487 g/mol. The van der Waals surface area contributed by atoms with E-state index in [0.29, 0.717) is 24.4 Å². The Hall–Kier alpha value is -3.23. The van der Waals surface area contributed by atoms with Crippen LogP contribution in [0, 0.1) is 11.3 Å². The SMILES string of the molecule is CCc1nc2ccn(C)cc-2c1C(=O)NCC1CC12CCN(c1ccc(OC(F)(F)F)cc1)CC2. The summed E-state index contributed by atoms with van der Waals surface area (Å²) in [4.78, 5) is 20.0. The van der Waals surface area contributed by atoms with Crippen LogP contribution in [-0.2, 0) is 13.5 Å². The Balaban J connectivity index is 1.16. The highest BCUT2D eigenvalue weighted by Crippen LogP contribution is 2.59. The molecule has 186 valence electrons. The van der Waals surface area contributed by atoms with Crippen LogP contribution in [0.25, 0.3) is 11.3 Å². The minimum atomic E-state index is -4.68. The first-order valence-corrected chi connectivity index (χ1v) is 12.0. The molecule has 3 aliphatic heterocycles. The number of carbonyl (C=O) groups excluding carboxylic acids is 1. The monoisotopic (exact) mass is 486 g/mol. The largest absolute Gasteiger partial charge is 0.573 e. The molecule has 1 spiro atoms. The molecule has 1 aromatic rings. The summed E-state index contributed by atoms with van der Waals surface area (Å²) in [6, 6.07) is 8.00. The minimum absolute atomic E-state index is 0.0591. The molecule has 1 aromatic carbocycles. The van der Waals surface area contributed by atoms with Gasteiger partial charge in [0.2, 0.25) is 0 Å². The highest BCUT2D eigenvalue weighted by atomic mass is 19.4. The van der Waals surface area contributed by atoms with Crippen LogP contribution >= 0.6 is 0 Å². The maximum Gasteiger partial charge on any atom is 0.573 e. The first kappa shape index (κ1) is 23.5. The second-order valence-corrected chi connectivity index (χ2v) is 9.70. The van der Waals surface area contributed by atoms with E-state index >= 15 is 0 Å². The molecule has 2 fully saturated rings. The van der Waals surface area contributed by atoms with Gasteiger partial charge < -0.3 is 19.5 Å². The minimum Gasteiger partial charge on any atom is -0.406 e. The molecule has 5 rings (SSSR count). The molecule has 6 nitrogen and oxygen atoms in total. The number of pyridine rings is 1. The molecule has 0 radical (unpaired) electrons. The summed E-state index contributed by atoms with van der Waals surface area (Å²) < 4.78 is 43.0. The van der Waals surface area contributed by atoms with Crippen LogP contribution in [0.15, 0.2) is 42.7 Å². The summed E-state index contributed by atoms with van der Waals surface area (Å²) in [5.74, 6) is 0.184. The molecule has 1 unspecified atom stereocenters. The van der Waals surface area contributed by atoms with Crippen molar-refractivity contribution in [3.8, 4) is 17.0 Å². The highest BCUT2D eigenvalue weighted by Gasteiger charge is 2.54. The van der Waals surface area contributed by atoms with E-state index in [4.69, 9.17) is 0 Å². The molecule has 1 atom stereocenters. The molecule has 1 aliphatic carbocycles. The Morgan fingerprint density at radius 3 is 2.57 bits per heavy atom. The van der Waals surface area contributed by atoms with E-state index in [-0.39, 0.29) is 17.1 Å². The zero-order valence-electron chi connectivity index (χ0n) is 19.9. The van der Waals surface area contributed by atoms with Crippen molar-refractivity contribution < 1.29 is 22.7 Å². The maximum absolute atomic E-state index is 13.1. The van der Waals surface area contributed by atoms with Crippen molar-refractivity contribution in [1.29, 1.82) is 0 Å². The number of halogens is 3. The summed E-state index contributed by atoms with van der Waals surface area (Å²) >= 11 is 0. The number of alkyl halides is 3. The van der Waals surface area contributed by atoms with E-state index in [9.17, 15) is 18.0 Å². The van der Waals surface area contributed by atoms with Gasteiger partial charge in [0, 0.05) is 50.3 Å². The quantitative estimate of drug-likeness (QED) is 0.532. The summed E-state index contributed by atoms with van der Waals surface area (Å²) in [5, 5.41) is 3.17. The van der Waals surface area contributed by atoms with Crippen molar-refractivity contribution in [2.24, 2.45) is 18.4 Å². The normalized spacial score (nSPS) is 19.2. The third-order valence-electron chi connectivity index (χ3n) is 7.51. The van der Waals surface area contributed by atoms with Gasteiger partial charge in [-0.15, -0.1) is 13.2 Å². The molecule has 1 N–H and O–H groups in total. The number of fused-ring (bicyclic) bond motifs is 1. The predicted molar refractivity (Wildman–Crippen MR) is 127 cm³/mol. The summed E-state index contributed by atoms with van der Waals surface area (Å²) in [6.45, 7) is 4.35. The zero-order valence-corrected chi connectivity index (χ0v) is 19.9. The van der Waals surface area contributed by atoms with Crippen molar-refractivity contribution in [2.75, 3.05) is 24.5 Å². The molecule has 0 bridgehead atoms. The number of nitrogens with zero attached hydrogens (tertiary/aromatic N) is 3. The number of aromatic nitrogens is 2. The lowest BCUT2D eigenvalue weighted by atomic mass is 9.90. The fourth-order valence-corrected chi connectivity index (χ4v) is 5.45. The lowest BCUT2D eigenvalue weighted by Gasteiger charge is -2.34. The van der Waals surface area contributed by atoms with Gasteiger partial charge in [-0.05, 0) is 67.3 Å². The number of amides is 1. The van der Waals surface area contributed by atoms with Gasteiger partial charge in [0.1, 0.15) is 5.75 Å². The third kappa shape index (κ3) is 4.81. The van der Waals surface area contributed by atoms with E-state index in [1.54, 1.807) is 12.1 Å². The summed E-state index contributed by atoms with van der Waals surface area (Å²) in [6.07, 6.45) is 3.01. The Morgan fingerprint density at radius 2 is 1.91 bits per heavy atom. The first-order chi connectivity index (χ1) is 16.7. The fraction of sp³-hybridized carbons (Fsp3) is 0.462. The zero-order chi connectivity index (χ0) is 24.8. The standard InChI is InChI=1S/C26H29F3N4O2/c1-3-21-23(20-16-32(2)11-8-22(20)31-21)24(34)30-15-17-14-25(17)9-12-33(13-10-25)18-4-6-19(7-5-18)35-26(27,28)29/h4-8,11,16-17H,3,9-10,12-15H2,1-2H3,(H,30,34). The lowest BCUT2D eigenvalue weighted by molar-refractivity contribution is -0.274. The van der Waals surface area contributed by atoms with Crippen LogP contribution < -0.4 is 15.0 Å². The lowest BCUT2D eigenvalue weighted by Crippen LogP contribution is -2.36. The smallest absolute Gasteiger partial charge is 0.406 e. The van der Waals surface area contributed by atoms with Crippen molar-refractivity contribution in [3.63, 3.8) is 0 Å². The summed E-state index contributed by atoms with van der Waals surface area (Å²) in [5.41, 5.74) is 4.38. The number of rotatable bonds is 6. The highest BCUT2D eigenvalue weighted by molar-refractivity contribution is 6.02. The average Bonchev–Trinajstić information content (AvgIpc) is 3.35. The van der Waals surface area contributed by atoms with E-state index in [1.165, 1.54) is 12.1 Å². The van der Waals surface area contributed by atoms with Crippen LogP contribution in [0.3, 0.4) is 0 Å². The molecule has 1 saturated carbocycles. The summed E-state index contributed by atoms with van der Waals surface area (Å²) in [7, 11) is 1.94. The van der Waals surface area contributed by atoms with Gasteiger partial charge in [0.25, 0.3) is 5.91 Å². The number of anilines is 1. The first-order valence-electron chi connectivity index (χ1n) is 12.0. The van der Waals surface area contributed by atoms with E-state index in [0.717, 1.165) is 55.0 Å². The fourth-order valence-electron chi connectivity index (χ4n) is 5.45. The maximum atomic E-state index is 13.1. The molecular formula is C26H29F3N4O2. The van der Waals surface area contributed by atoms with Gasteiger partial charge in [0.05, 0.1) is 17.0 Å². The topological polar surface area (TPSA) is 59.4 Å². The van der Waals surface area contributed by atoms with Crippen LogP contribution in [0.5, 0.6) is 5.75 Å². The molecule has 9 heteroatoms. The molecule has 1 saturated heterocycles. The number of hydrogen-bond donors (Lipinski definition) is 1. The van der Waals surface area contributed by atoms with E-state index in [2.05, 4.69) is 19.9 Å². The predicted octanol–water partition coefficient (Wildman–Crippen LogP) is 5.02. The number of ether oxygens (including phenoxy) is 1. The van der Waals surface area contributed by atoms with Gasteiger partial charge in [0.15, 0.2) is 0 Å². The molecule has 35 heavy (non-hydrogen) atoms. The van der Waals surface area contributed by atoms with Gasteiger partial charge in [-0.2, -0.15) is 0 Å². The van der Waals surface area contributed by atoms with Crippen LogP contribution in [-0.4, -0.2) is 41.5 Å². The molecule has 3 heterocycles. The van der Waals surface area contributed by atoms with Crippen LogP contribution in [0.2, 0.25) is 0 Å². The molecular weight excluding hydrogens is 457 g/mol. The Labute approximate surface area is 202 Å². The van der Waals surface area contributed by atoms with Gasteiger partial charge in [-0.1, -0.05) is 6.92 Å². The number of carbonyl (C=O) groups is 1. The second kappa shape index (κ2) is 8.77. The van der Waals surface area contributed by atoms with Crippen molar-refractivity contribution >= 4 is 11.6 Å². The van der Waals surface area contributed by atoms with Crippen LogP contribution in [0.1, 0.15) is 42.2 Å². The number of aryl methyl sites for hydroxylation is 2. The number of hydrogen-bond acceptors (Lipinski definition) is 4. The number of nitrogens with one attached hydrogen (secondary N) is 1. The third-order valence-corrected chi connectivity index (χ3v) is 7.51. The molecule has 1 amide bonds. The van der Waals surface area contributed by atoms with E-state index in [1.807, 2.05) is 37.0 Å². The molecule has 4 aliphatic rings. The Bertz CT molecular complexity index is 1180. The van der Waals surface area contributed by atoms with Crippen molar-refractivity contribution in [3.05, 3.63) is 54.0 Å². The number of benzene rings is 1. The van der Waals surface area contributed by atoms with Gasteiger partial charge >= 0.3 is 6.36 Å². The van der Waals surface area contributed by atoms with Gasteiger partial charge in [-0.25, -0.2) is 0 Å². The van der Waals surface area contributed by atoms with Crippen molar-refractivity contribution in [2.45, 2.75) is 39.0 Å². The van der Waals surface area contributed by atoms with E-state index < -0.39 is 6.36 Å². The van der Waals surface area contributed by atoms with Gasteiger partial charge in [-0.3, -0.25) is 9.78 Å². The second-order valence-electron chi connectivity index (χ2n) is 9.70. The number of piperidine rings is 1. The van der Waals surface area contributed by atoms with Crippen molar-refractivity contribution in [1.82, 2.24) is 14.9 Å². The Morgan fingerprint density at radius 1 is 1.20 bits per heavy atom.